The lowest BCUT2D eigenvalue weighted by molar-refractivity contribution is 0.102. The van der Waals surface area contributed by atoms with Gasteiger partial charge in [-0.2, -0.15) is 0 Å². The van der Waals surface area contributed by atoms with Crippen LogP contribution in [0, 0.1) is 13.8 Å². The number of amides is 1. The molecule has 3 rings (SSSR count). The van der Waals surface area contributed by atoms with E-state index in [0.717, 1.165) is 22.6 Å². The summed E-state index contributed by atoms with van der Waals surface area (Å²) in [6.45, 7) is 4.03. The van der Waals surface area contributed by atoms with Gasteiger partial charge in [0, 0.05) is 11.3 Å². The Morgan fingerprint density at radius 3 is 2.33 bits per heavy atom. The molecule has 24 heavy (non-hydrogen) atoms. The topological polar surface area (TPSA) is 54.0 Å². The summed E-state index contributed by atoms with van der Waals surface area (Å²) in [6, 6.07) is 19.2. The van der Waals surface area contributed by atoms with Crippen LogP contribution in [0.15, 0.2) is 66.9 Å². The van der Waals surface area contributed by atoms with Crippen molar-refractivity contribution in [2.75, 3.05) is 10.6 Å². The molecule has 2 aromatic carbocycles. The van der Waals surface area contributed by atoms with E-state index in [9.17, 15) is 4.79 Å². The third-order valence-corrected chi connectivity index (χ3v) is 3.74. The number of hydrogen-bond donors (Lipinski definition) is 2. The lowest BCUT2D eigenvalue weighted by atomic mass is 10.1. The van der Waals surface area contributed by atoms with Crippen LogP contribution in [0.4, 0.5) is 17.2 Å². The van der Waals surface area contributed by atoms with Crippen LogP contribution in [0.2, 0.25) is 0 Å². The van der Waals surface area contributed by atoms with E-state index in [1.165, 1.54) is 0 Å². The number of hydrogen-bond acceptors (Lipinski definition) is 3. The van der Waals surface area contributed by atoms with Gasteiger partial charge in [0.2, 0.25) is 0 Å². The van der Waals surface area contributed by atoms with E-state index in [0.29, 0.717) is 11.3 Å². The van der Waals surface area contributed by atoms with Gasteiger partial charge in [0.15, 0.2) is 0 Å². The Bertz CT molecular complexity index is 840. The van der Waals surface area contributed by atoms with Gasteiger partial charge in [0.1, 0.15) is 5.82 Å². The van der Waals surface area contributed by atoms with Crippen molar-refractivity contribution in [3.8, 4) is 0 Å². The molecule has 0 aliphatic carbocycles. The first-order valence-corrected chi connectivity index (χ1v) is 7.78. The monoisotopic (exact) mass is 317 g/mol. The molecule has 0 aliphatic heterocycles. The van der Waals surface area contributed by atoms with Gasteiger partial charge < -0.3 is 10.6 Å². The van der Waals surface area contributed by atoms with Crippen LogP contribution in [-0.2, 0) is 0 Å². The Hall–Kier alpha value is -3.14. The summed E-state index contributed by atoms with van der Waals surface area (Å²) < 4.78 is 0. The molecule has 0 aliphatic rings. The first-order valence-electron chi connectivity index (χ1n) is 7.78. The van der Waals surface area contributed by atoms with Gasteiger partial charge >= 0.3 is 0 Å². The Kier molecular flexibility index (Phi) is 4.57. The van der Waals surface area contributed by atoms with Crippen molar-refractivity contribution in [2.45, 2.75) is 13.8 Å². The smallest absolute Gasteiger partial charge is 0.255 e. The number of anilines is 3. The first-order chi connectivity index (χ1) is 11.6. The highest BCUT2D eigenvalue weighted by molar-refractivity contribution is 6.04. The van der Waals surface area contributed by atoms with E-state index in [4.69, 9.17) is 0 Å². The minimum atomic E-state index is -0.142. The molecular weight excluding hydrogens is 298 g/mol. The zero-order chi connectivity index (χ0) is 16.9. The maximum absolute atomic E-state index is 12.2. The number of pyridine rings is 1. The quantitative estimate of drug-likeness (QED) is 0.733. The highest BCUT2D eigenvalue weighted by atomic mass is 16.1. The van der Waals surface area contributed by atoms with Gasteiger partial charge in [-0.25, -0.2) is 4.98 Å². The normalized spacial score (nSPS) is 10.2. The molecule has 0 atom stereocenters. The Balaban J connectivity index is 1.67. The van der Waals surface area contributed by atoms with Gasteiger partial charge in [-0.3, -0.25) is 4.79 Å². The predicted molar refractivity (Wildman–Crippen MR) is 97.8 cm³/mol. The van der Waals surface area contributed by atoms with E-state index < -0.39 is 0 Å². The van der Waals surface area contributed by atoms with Gasteiger partial charge in [-0.05, 0) is 49.7 Å². The Morgan fingerprint density at radius 2 is 1.67 bits per heavy atom. The van der Waals surface area contributed by atoms with E-state index in [1.54, 1.807) is 6.20 Å². The van der Waals surface area contributed by atoms with Crippen LogP contribution in [0.3, 0.4) is 0 Å². The molecule has 120 valence electrons. The largest absolute Gasteiger partial charge is 0.340 e. The van der Waals surface area contributed by atoms with E-state index >= 15 is 0 Å². The van der Waals surface area contributed by atoms with Crippen molar-refractivity contribution in [3.05, 3.63) is 83.6 Å². The van der Waals surface area contributed by atoms with E-state index in [2.05, 4.69) is 15.6 Å². The van der Waals surface area contributed by atoms with Crippen molar-refractivity contribution in [2.24, 2.45) is 0 Å². The van der Waals surface area contributed by atoms with Gasteiger partial charge in [0.05, 0.1) is 11.9 Å². The molecule has 1 amide bonds. The summed E-state index contributed by atoms with van der Waals surface area (Å²) in [7, 11) is 0. The van der Waals surface area contributed by atoms with Crippen molar-refractivity contribution in [1.82, 2.24) is 4.98 Å². The predicted octanol–water partition coefficient (Wildman–Crippen LogP) is 4.69. The average Bonchev–Trinajstić information content (AvgIpc) is 2.59. The fourth-order valence-corrected chi connectivity index (χ4v) is 2.30. The zero-order valence-corrected chi connectivity index (χ0v) is 13.7. The molecule has 0 bridgehead atoms. The summed E-state index contributed by atoms with van der Waals surface area (Å²) in [5.74, 6) is 0.592. The molecule has 0 saturated heterocycles. The number of aromatic nitrogens is 1. The summed E-state index contributed by atoms with van der Waals surface area (Å²) in [6.07, 6.45) is 1.65. The minimum Gasteiger partial charge on any atom is -0.340 e. The standard InChI is InChI=1S/C20H19N3O/c1-14-7-9-16(10-8-14)20(24)22-17-11-12-19(21-13-17)23-18-6-4-3-5-15(18)2/h3-13H,1-2H3,(H,21,23)(H,22,24). The van der Waals surface area contributed by atoms with E-state index in [-0.39, 0.29) is 5.91 Å². The lowest BCUT2D eigenvalue weighted by Gasteiger charge is -2.10. The second-order valence-electron chi connectivity index (χ2n) is 5.69. The van der Waals surface area contributed by atoms with Crippen molar-refractivity contribution >= 4 is 23.1 Å². The number of carbonyl (C=O) groups is 1. The average molecular weight is 317 g/mol. The van der Waals surface area contributed by atoms with Crippen LogP contribution >= 0.6 is 0 Å². The summed E-state index contributed by atoms with van der Waals surface area (Å²) in [5, 5.41) is 6.12. The fourth-order valence-electron chi connectivity index (χ4n) is 2.30. The molecule has 1 heterocycles. The maximum atomic E-state index is 12.2. The second-order valence-corrected chi connectivity index (χ2v) is 5.69. The maximum Gasteiger partial charge on any atom is 0.255 e. The van der Waals surface area contributed by atoms with Crippen molar-refractivity contribution in [3.63, 3.8) is 0 Å². The molecule has 1 aromatic heterocycles. The van der Waals surface area contributed by atoms with Crippen molar-refractivity contribution in [1.29, 1.82) is 0 Å². The molecule has 4 nitrogen and oxygen atoms in total. The highest BCUT2D eigenvalue weighted by Gasteiger charge is 2.06. The van der Waals surface area contributed by atoms with Gasteiger partial charge in [0.25, 0.3) is 5.91 Å². The number of nitrogens with one attached hydrogen (secondary N) is 2. The molecule has 0 saturated carbocycles. The van der Waals surface area contributed by atoms with E-state index in [1.807, 2.05) is 74.5 Å². The second kappa shape index (κ2) is 6.96. The van der Waals surface area contributed by atoms with Crippen LogP contribution in [0.5, 0.6) is 0 Å². The summed E-state index contributed by atoms with van der Waals surface area (Å²) in [5.41, 5.74) is 4.58. The molecule has 2 N–H and O–H groups in total. The third kappa shape index (κ3) is 3.79. The van der Waals surface area contributed by atoms with Crippen LogP contribution in [0.25, 0.3) is 0 Å². The Morgan fingerprint density at radius 1 is 0.917 bits per heavy atom. The third-order valence-electron chi connectivity index (χ3n) is 3.74. The number of rotatable bonds is 4. The zero-order valence-electron chi connectivity index (χ0n) is 13.7. The first kappa shape index (κ1) is 15.7. The summed E-state index contributed by atoms with van der Waals surface area (Å²) >= 11 is 0. The SMILES string of the molecule is Cc1ccc(C(=O)Nc2ccc(Nc3ccccc3C)nc2)cc1. The molecule has 0 unspecified atom stereocenters. The molecule has 4 heteroatoms. The van der Waals surface area contributed by atoms with Crippen LogP contribution < -0.4 is 10.6 Å². The molecular formula is C20H19N3O. The van der Waals surface area contributed by atoms with Gasteiger partial charge in [-0.1, -0.05) is 35.9 Å². The Labute approximate surface area is 141 Å². The van der Waals surface area contributed by atoms with Crippen LogP contribution in [-0.4, -0.2) is 10.9 Å². The lowest BCUT2D eigenvalue weighted by Crippen LogP contribution is -2.12. The molecule has 3 aromatic rings. The van der Waals surface area contributed by atoms with Crippen LogP contribution in [0.1, 0.15) is 21.5 Å². The fraction of sp³-hybridized carbons (Fsp3) is 0.100. The number of benzene rings is 2. The minimum absolute atomic E-state index is 0.142. The molecule has 0 fully saturated rings. The molecule has 0 radical (unpaired) electrons. The highest BCUT2D eigenvalue weighted by Crippen LogP contribution is 2.19. The number of aryl methyl sites for hydroxylation is 2. The molecule has 0 spiro atoms. The number of carbonyl (C=O) groups excluding carboxylic acids is 1. The summed E-state index contributed by atoms with van der Waals surface area (Å²) in [4.78, 5) is 16.5. The van der Waals surface area contributed by atoms with Crippen molar-refractivity contribution < 1.29 is 4.79 Å². The number of para-hydroxylation sites is 1. The number of nitrogens with zero attached hydrogens (tertiary/aromatic N) is 1. The van der Waals surface area contributed by atoms with Gasteiger partial charge in [-0.15, -0.1) is 0 Å².